The lowest BCUT2D eigenvalue weighted by atomic mass is 10.4. The summed E-state index contributed by atoms with van der Waals surface area (Å²) in [5, 5.41) is 0. The van der Waals surface area contributed by atoms with Gasteiger partial charge in [-0.05, 0) is 50.1 Å². The predicted molar refractivity (Wildman–Crippen MR) is 113 cm³/mol. The molecule has 0 N–H and O–H groups in total. The number of hydrogen-bond donors (Lipinski definition) is 0. The molecule has 168 valence electrons. The van der Waals surface area contributed by atoms with Gasteiger partial charge in [0, 0.05) is 46.8 Å². The molecule has 0 aromatic heterocycles. The summed E-state index contributed by atoms with van der Waals surface area (Å²) in [6.07, 6.45) is 2.32. The van der Waals surface area contributed by atoms with E-state index < -0.39 is 20.0 Å². The summed E-state index contributed by atoms with van der Waals surface area (Å²) in [5.74, 6) is -0.0129. The minimum atomic E-state index is -3.73. The Bertz CT molecular complexity index is 955. The molecule has 0 saturated carbocycles. The zero-order valence-electron chi connectivity index (χ0n) is 17.5. The SMILES string of the molecule is CN(C)C(=O)CN1CCCN(S(=O)(=O)c2ccc(S(=O)(=O)N3CCCC3)cc2)CC1. The summed E-state index contributed by atoms with van der Waals surface area (Å²) in [6.45, 7) is 3.05. The molecule has 0 atom stereocenters. The van der Waals surface area contributed by atoms with Gasteiger partial charge in [-0.25, -0.2) is 16.8 Å². The van der Waals surface area contributed by atoms with E-state index in [1.54, 1.807) is 14.1 Å². The van der Waals surface area contributed by atoms with Gasteiger partial charge in [-0.1, -0.05) is 0 Å². The van der Waals surface area contributed by atoms with Gasteiger partial charge in [-0.15, -0.1) is 0 Å². The summed E-state index contributed by atoms with van der Waals surface area (Å²) in [6, 6.07) is 5.49. The number of rotatable bonds is 6. The van der Waals surface area contributed by atoms with Crippen molar-refractivity contribution in [2.75, 3.05) is 59.9 Å². The molecule has 1 amide bonds. The normalized spacial score (nSPS) is 20.2. The number of hydrogen-bond acceptors (Lipinski definition) is 6. The van der Waals surface area contributed by atoms with Crippen molar-refractivity contribution in [2.45, 2.75) is 29.1 Å². The third kappa shape index (κ3) is 5.02. The zero-order valence-corrected chi connectivity index (χ0v) is 19.2. The minimum Gasteiger partial charge on any atom is -0.348 e. The van der Waals surface area contributed by atoms with Crippen LogP contribution in [0.3, 0.4) is 0 Å². The number of benzene rings is 1. The van der Waals surface area contributed by atoms with Crippen LogP contribution in [0.4, 0.5) is 0 Å². The zero-order chi connectivity index (χ0) is 21.9. The summed E-state index contributed by atoms with van der Waals surface area (Å²) in [5.41, 5.74) is 0. The van der Waals surface area contributed by atoms with Crippen molar-refractivity contribution >= 4 is 26.0 Å². The van der Waals surface area contributed by atoms with E-state index in [1.165, 1.54) is 37.8 Å². The quantitative estimate of drug-likeness (QED) is 0.606. The third-order valence-electron chi connectivity index (χ3n) is 5.57. The molecule has 1 aromatic carbocycles. The summed E-state index contributed by atoms with van der Waals surface area (Å²) in [7, 11) is -3.91. The predicted octanol–water partition coefficient (Wildman–Crippen LogP) is 0.256. The second-order valence-electron chi connectivity index (χ2n) is 7.90. The van der Waals surface area contributed by atoms with E-state index in [2.05, 4.69) is 0 Å². The summed E-state index contributed by atoms with van der Waals surface area (Å²) >= 11 is 0. The molecule has 9 nitrogen and oxygen atoms in total. The topological polar surface area (TPSA) is 98.3 Å². The molecule has 2 saturated heterocycles. The van der Waals surface area contributed by atoms with Crippen molar-refractivity contribution in [1.82, 2.24) is 18.4 Å². The third-order valence-corrected chi connectivity index (χ3v) is 9.40. The van der Waals surface area contributed by atoms with Gasteiger partial charge in [0.1, 0.15) is 0 Å². The van der Waals surface area contributed by atoms with Crippen LogP contribution >= 0.6 is 0 Å². The molecular weight excluding hydrogens is 428 g/mol. The molecule has 2 aliphatic heterocycles. The van der Waals surface area contributed by atoms with Crippen molar-refractivity contribution in [3.8, 4) is 0 Å². The number of likely N-dealkylation sites (N-methyl/N-ethyl adjacent to an activating group) is 1. The van der Waals surface area contributed by atoms with E-state index in [1.807, 2.05) is 4.90 Å². The van der Waals surface area contributed by atoms with E-state index in [4.69, 9.17) is 0 Å². The maximum atomic E-state index is 13.1. The first-order valence-corrected chi connectivity index (χ1v) is 13.0. The monoisotopic (exact) mass is 458 g/mol. The fraction of sp³-hybridized carbons (Fsp3) is 0.632. The van der Waals surface area contributed by atoms with Crippen LogP contribution in [-0.2, 0) is 24.8 Å². The van der Waals surface area contributed by atoms with E-state index in [0.29, 0.717) is 39.1 Å². The van der Waals surface area contributed by atoms with Crippen LogP contribution in [0.2, 0.25) is 0 Å². The van der Waals surface area contributed by atoms with Gasteiger partial charge in [0.15, 0.2) is 0 Å². The lowest BCUT2D eigenvalue weighted by Gasteiger charge is -2.22. The van der Waals surface area contributed by atoms with Crippen LogP contribution in [0.15, 0.2) is 34.1 Å². The van der Waals surface area contributed by atoms with Crippen LogP contribution < -0.4 is 0 Å². The van der Waals surface area contributed by atoms with Crippen molar-refractivity contribution in [2.24, 2.45) is 0 Å². The smallest absolute Gasteiger partial charge is 0.243 e. The maximum Gasteiger partial charge on any atom is 0.243 e. The Balaban J connectivity index is 1.70. The highest BCUT2D eigenvalue weighted by Crippen LogP contribution is 2.24. The van der Waals surface area contributed by atoms with Gasteiger partial charge in [0.2, 0.25) is 26.0 Å². The Hall–Kier alpha value is -1.53. The Morgan fingerprint density at radius 2 is 1.23 bits per heavy atom. The Morgan fingerprint density at radius 1 is 0.767 bits per heavy atom. The first-order valence-electron chi connectivity index (χ1n) is 10.2. The van der Waals surface area contributed by atoms with Gasteiger partial charge in [0.05, 0.1) is 16.3 Å². The van der Waals surface area contributed by atoms with E-state index in [9.17, 15) is 21.6 Å². The Labute approximate surface area is 179 Å². The number of carbonyl (C=O) groups is 1. The van der Waals surface area contributed by atoms with Gasteiger partial charge in [-0.2, -0.15) is 8.61 Å². The van der Waals surface area contributed by atoms with Crippen molar-refractivity contribution in [3.05, 3.63) is 24.3 Å². The average Bonchev–Trinajstić information content (AvgIpc) is 3.16. The van der Waals surface area contributed by atoms with Crippen LogP contribution in [0.5, 0.6) is 0 Å². The second kappa shape index (κ2) is 9.31. The number of carbonyl (C=O) groups excluding carboxylic acids is 1. The van der Waals surface area contributed by atoms with Crippen molar-refractivity contribution < 1.29 is 21.6 Å². The Kier molecular flexibility index (Phi) is 7.18. The lowest BCUT2D eigenvalue weighted by Crippen LogP contribution is -2.39. The van der Waals surface area contributed by atoms with Crippen LogP contribution in [0.25, 0.3) is 0 Å². The number of amides is 1. The van der Waals surface area contributed by atoms with Crippen LogP contribution in [0.1, 0.15) is 19.3 Å². The minimum absolute atomic E-state index is 0.0129. The standard InChI is InChI=1S/C19H30N4O5S2/c1-20(2)19(24)16-21-10-5-13-23(15-14-21)30(27,28)18-8-6-17(7-9-18)29(25,26)22-11-3-4-12-22/h6-9H,3-5,10-16H2,1-2H3. The Morgan fingerprint density at radius 3 is 1.73 bits per heavy atom. The molecule has 1 aromatic rings. The van der Waals surface area contributed by atoms with Crippen LogP contribution in [-0.4, -0.2) is 101 Å². The first-order chi connectivity index (χ1) is 14.1. The molecular formula is C19H30N4O5S2. The average molecular weight is 459 g/mol. The van der Waals surface area contributed by atoms with E-state index in [-0.39, 0.29) is 28.8 Å². The molecule has 2 heterocycles. The molecule has 0 spiro atoms. The molecule has 0 aliphatic carbocycles. The highest BCUT2D eigenvalue weighted by atomic mass is 32.2. The highest BCUT2D eigenvalue weighted by Gasteiger charge is 2.30. The molecule has 3 rings (SSSR count). The van der Waals surface area contributed by atoms with Gasteiger partial charge < -0.3 is 4.90 Å². The molecule has 0 bridgehead atoms. The molecule has 2 fully saturated rings. The van der Waals surface area contributed by atoms with Gasteiger partial charge >= 0.3 is 0 Å². The van der Waals surface area contributed by atoms with Crippen LogP contribution in [0, 0.1) is 0 Å². The molecule has 30 heavy (non-hydrogen) atoms. The summed E-state index contributed by atoms with van der Waals surface area (Å²) < 4.78 is 54.3. The number of sulfonamides is 2. The fourth-order valence-corrected chi connectivity index (χ4v) is 6.68. The second-order valence-corrected chi connectivity index (χ2v) is 11.8. The molecule has 2 aliphatic rings. The number of nitrogens with zero attached hydrogens (tertiary/aromatic N) is 4. The molecule has 0 unspecified atom stereocenters. The van der Waals surface area contributed by atoms with Gasteiger partial charge in [-0.3, -0.25) is 9.69 Å². The fourth-order valence-electron chi connectivity index (χ4n) is 3.69. The molecule has 11 heteroatoms. The maximum absolute atomic E-state index is 13.1. The van der Waals surface area contributed by atoms with E-state index in [0.717, 1.165) is 12.8 Å². The van der Waals surface area contributed by atoms with Crippen molar-refractivity contribution in [1.29, 1.82) is 0 Å². The molecule has 0 radical (unpaired) electrons. The van der Waals surface area contributed by atoms with Crippen molar-refractivity contribution in [3.63, 3.8) is 0 Å². The first kappa shape index (κ1) is 23.1. The summed E-state index contributed by atoms with van der Waals surface area (Å²) in [4.78, 5) is 15.6. The lowest BCUT2D eigenvalue weighted by molar-refractivity contribution is -0.129. The largest absolute Gasteiger partial charge is 0.348 e. The van der Waals surface area contributed by atoms with Gasteiger partial charge in [0.25, 0.3) is 0 Å². The highest BCUT2D eigenvalue weighted by molar-refractivity contribution is 7.89. The van der Waals surface area contributed by atoms with E-state index >= 15 is 0 Å².